The Morgan fingerprint density at radius 1 is 1.03 bits per heavy atom. The molecular formula is C24H22N2O6. The number of ether oxygens (including phenoxy) is 2. The highest BCUT2D eigenvalue weighted by atomic mass is 16.5. The van der Waals surface area contributed by atoms with Crippen molar-refractivity contribution in [3.8, 4) is 11.5 Å². The van der Waals surface area contributed by atoms with Gasteiger partial charge in [-0.15, -0.1) is 0 Å². The maximum absolute atomic E-state index is 13.2. The number of amides is 1. The zero-order chi connectivity index (χ0) is 23.0. The number of aryl methyl sites for hydroxylation is 2. The Hall–Kier alpha value is -4.07. The van der Waals surface area contributed by atoms with Gasteiger partial charge in [-0.3, -0.25) is 14.5 Å². The van der Waals surface area contributed by atoms with Crippen LogP contribution in [0.2, 0.25) is 0 Å². The number of aliphatic hydroxyl groups is 1. The number of hydrogen-bond acceptors (Lipinski definition) is 7. The number of hydrogen-bond donors (Lipinski definition) is 1. The van der Waals surface area contributed by atoms with Gasteiger partial charge in [0.15, 0.2) is 5.82 Å². The van der Waals surface area contributed by atoms with E-state index in [1.807, 2.05) is 6.92 Å². The number of methoxy groups -OCH3 is 2. The standard InChI is InChI=1S/C24H22N2O6/c1-13-11-15(9-10-17(13)30-3)22(27)20-21(16-7-5-6-8-18(16)31-4)26(24(29)23(20)28)19-12-14(2)32-25-19/h5-12,21,27H,1-4H3/t21-/m1/s1. The molecule has 1 aliphatic heterocycles. The normalized spacial score (nSPS) is 17.6. The number of rotatable bonds is 5. The monoisotopic (exact) mass is 434 g/mol. The van der Waals surface area contributed by atoms with Crippen LogP contribution in [0.5, 0.6) is 11.5 Å². The lowest BCUT2D eigenvalue weighted by Gasteiger charge is -2.24. The first-order chi connectivity index (χ1) is 15.4. The van der Waals surface area contributed by atoms with Gasteiger partial charge in [0.1, 0.15) is 29.1 Å². The Bertz CT molecular complexity index is 1240. The summed E-state index contributed by atoms with van der Waals surface area (Å²) in [5.41, 5.74) is 1.62. The molecule has 1 amide bonds. The summed E-state index contributed by atoms with van der Waals surface area (Å²) in [6, 6.07) is 12.6. The predicted octanol–water partition coefficient (Wildman–Crippen LogP) is 3.93. The van der Waals surface area contributed by atoms with Crippen LogP contribution in [0.25, 0.3) is 5.76 Å². The van der Waals surface area contributed by atoms with Crippen LogP contribution in [0.15, 0.2) is 58.6 Å². The second kappa shape index (κ2) is 8.22. The molecule has 1 aromatic heterocycles. The molecule has 32 heavy (non-hydrogen) atoms. The average Bonchev–Trinajstić information content (AvgIpc) is 3.33. The fourth-order valence-corrected chi connectivity index (χ4v) is 3.90. The van der Waals surface area contributed by atoms with E-state index >= 15 is 0 Å². The fraction of sp³-hybridized carbons (Fsp3) is 0.208. The van der Waals surface area contributed by atoms with Gasteiger partial charge >= 0.3 is 5.91 Å². The Kier molecular flexibility index (Phi) is 5.44. The molecule has 2 aromatic carbocycles. The number of Topliss-reactive ketones (excluding diaryl/α,β-unsaturated/α-hetero) is 1. The van der Waals surface area contributed by atoms with E-state index in [1.54, 1.807) is 62.6 Å². The maximum Gasteiger partial charge on any atom is 0.301 e. The lowest BCUT2D eigenvalue weighted by molar-refractivity contribution is -0.132. The summed E-state index contributed by atoms with van der Waals surface area (Å²) in [6.45, 7) is 3.51. The van der Waals surface area contributed by atoms with Crippen LogP contribution in [0, 0.1) is 13.8 Å². The quantitative estimate of drug-likeness (QED) is 0.369. The van der Waals surface area contributed by atoms with Crippen LogP contribution in [0.4, 0.5) is 5.82 Å². The first kappa shape index (κ1) is 21.2. The molecule has 0 unspecified atom stereocenters. The third-order valence-electron chi connectivity index (χ3n) is 5.41. The Balaban J connectivity index is 1.97. The van der Waals surface area contributed by atoms with Crippen molar-refractivity contribution in [2.24, 2.45) is 0 Å². The van der Waals surface area contributed by atoms with Crippen LogP contribution in [-0.2, 0) is 9.59 Å². The summed E-state index contributed by atoms with van der Waals surface area (Å²) in [5.74, 6) is -0.194. The van der Waals surface area contributed by atoms with E-state index in [9.17, 15) is 14.7 Å². The van der Waals surface area contributed by atoms with Crippen LogP contribution in [0.1, 0.15) is 28.5 Å². The second-order valence-corrected chi connectivity index (χ2v) is 7.39. The molecule has 3 aromatic rings. The number of aliphatic hydroxyl groups excluding tert-OH is 1. The van der Waals surface area contributed by atoms with Crippen molar-refractivity contribution < 1.29 is 28.7 Å². The summed E-state index contributed by atoms with van der Waals surface area (Å²) in [4.78, 5) is 27.5. The Morgan fingerprint density at radius 3 is 2.38 bits per heavy atom. The van der Waals surface area contributed by atoms with Gasteiger partial charge in [0.05, 0.1) is 19.8 Å². The highest BCUT2D eigenvalue weighted by molar-refractivity contribution is 6.51. The smallest absolute Gasteiger partial charge is 0.301 e. The lowest BCUT2D eigenvalue weighted by Crippen LogP contribution is -2.29. The second-order valence-electron chi connectivity index (χ2n) is 7.39. The molecule has 0 spiro atoms. The van der Waals surface area contributed by atoms with Crippen LogP contribution >= 0.6 is 0 Å². The van der Waals surface area contributed by atoms with Crippen LogP contribution < -0.4 is 14.4 Å². The molecule has 4 rings (SSSR count). The number of benzene rings is 2. The van der Waals surface area contributed by atoms with Crippen molar-refractivity contribution in [3.63, 3.8) is 0 Å². The molecule has 1 N–H and O–H groups in total. The van der Waals surface area contributed by atoms with E-state index in [1.165, 1.54) is 12.0 Å². The zero-order valence-corrected chi connectivity index (χ0v) is 18.1. The first-order valence-electron chi connectivity index (χ1n) is 9.89. The van der Waals surface area contributed by atoms with Crippen molar-refractivity contribution in [2.75, 3.05) is 19.1 Å². The van der Waals surface area contributed by atoms with Gasteiger partial charge in [0.25, 0.3) is 5.78 Å². The van der Waals surface area contributed by atoms with E-state index in [4.69, 9.17) is 14.0 Å². The SMILES string of the molecule is COc1ccc(C(O)=C2C(=O)C(=O)N(c3cc(C)on3)[C@@H]2c2ccccc2OC)cc1C. The molecule has 164 valence electrons. The van der Waals surface area contributed by atoms with Gasteiger partial charge in [-0.05, 0) is 43.7 Å². The minimum Gasteiger partial charge on any atom is -0.507 e. The molecular weight excluding hydrogens is 412 g/mol. The van der Waals surface area contributed by atoms with Crippen molar-refractivity contribution in [2.45, 2.75) is 19.9 Å². The van der Waals surface area contributed by atoms with E-state index < -0.39 is 17.7 Å². The number of anilines is 1. The molecule has 1 aliphatic rings. The van der Waals surface area contributed by atoms with Gasteiger partial charge in [-0.2, -0.15) is 0 Å². The molecule has 0 aliphatic carbocycles. The molecule has 0 saturated carbocycles. The molecule has 2 heterocycles. The molecule has 8 nitrogen and oxygen atoms in total. The number of ketones is 1. The highest BCUT2D eigenvalue weighted by Crippen LogP contribution is 2.44. The van der Waals surface area contributed by atoms with E-state index in [0.717, 1.165) is 5.56 Å². The minimum absolute atomic E-state index is 0.0651. The minimum atomic E-state index is -0.960. The summed E-state index contributed by atoms with van der Waals surface area (Å²) < 4.78 is 15.9. The number of para-hydroxylation sites is 1. The highest BCUT2D eigenvalue weighted by Gasteiger charge is 2.49. The van der Waals surface area contributed by atoms with Gasteiger partial charge < -0.3 is 19.1 Å². The Morgan fingerprint density at radius 2 is 1.75 bits per heavy atom. The van der Waals surface area contributed by atoms with Gasteiger partial charge in [0, 0.05) is 17.2 Å². The third-order valence-corrected chi connectivity index (χ3v) is 5.41. The number of aromatic nitrogens is 1. The summed E-state index contributed by atoms with van der Waals surface area (Å²) in [7, 11) is 3.05. The molecule has 0 radical (unpaired) electrons. The van der Waals surface area contributed by atoms with Crippen molar-refractivity contribution in [1.82, 2.24) is 5.16 Å². The van der Waals surface area contributed by atoms with E-state index in [0.29, 0.717) is 28.4 Å². The topological polar surface area (TPSA) is 102 Å². The number of nitrogens with zero attached hydrogens (tertiary/aromatic N) is 2. The molecule has 8 heteroatoms. The van der Waals surface area contributed by atoms with Crippen molar-refractivity contribution in [1.29, 1.82) is 0 Å². The number of carbonyl (C=O) groups is 2. The predicted molar refractivity (Wildman–Crippen MR) is 117 cm³/mol. The largest absolute Gasteiger partial charge is 0.507 e. The third kappa shape index (κ3) is 3.39. The van der Waals surface area contributed by atoms with E-state index in [2.05, 4.69) is 5.16 Å². The lowest BCUT2D eigenvalue weighted by atomic mass is 9.94. The Labute approximate surface area is 184 Å². The zero-order valence-electron chi connectivity index (χ0n) is 18.1. The van der Waals surface area contributed by atoms with Crippen molar-refractivity contribution >= 4 is 23.3 Å². The first-order valence-corrected chi connectivity index (χ1v) is 9.89. The van der Waals surface area contributed by atoms with Gasteiger partial charge in [-0.25, -0.2) is 0 Å². The van der Waals surface area contributed by atoms with Crippen molar-refractivity contribution in [3.05, 3.63) is 76.6 Å². The number of carbonyl (C=O) groups excluding carboxylic acids is 2. The van der Waals surface area contributed by atoms with Crippen LogP contribution in [0.3, 0.4) is 0 Å². The van der Waals surface area contributed by atoms with Crippen LogP contribution in [-0.4, -0.2) is 36.2 Å². The van der Waals surface area contributed by atoms with E-state index in [-0.39, 0.29) is 17.2 Å². The molecule has 0 bridgehead atoms. The summed E-state index contributed by atoms with van der Waals surface area (Å²) in [5, 5.41) is 15.1. The summed E-state index contributed by atoms with van der Waals surface area (Å²) >= 11 is 0. The molecule has 1 atom stereocenters. The summed E-state index contributed by atoms with van der Waals surface area (Å²) in [6.07, 6.45) is 0. The fourth-order valence-electron chi connectivity index (χ4n) is 3.90. The molecule has 1 fully saturated rings. The average molecular weight is 434 g/mol. The maximum atomic E-state index is 13.2. The molecule has 1 saturated heterocycles. The van der Waals surface area contributed by atoms with Gasteiger partial charge in [0.2, 0.25) is 0 Å². The van der Waals surface area contributed by atoms with Gasteiger partial charge in [-0.1, -0.05) is 23.4 Å².